The number of morpholine rings is 1. The highest BCUT2D eigenvalue weighted by molar-refractivity contribution is 5.79. The molecule has 1 atom stereocenters. The van der Waals surface area contributed by atoms with E-state index in [1.807, 2.05) is 23.4 Å². The molecule has 0 spiro atoms. The molecule has 0 aliphatic carbocycles. The average molecular weight is 307 g/mol. The summed E-state index contributed by atoms with van der Waals surface area (Å²) in [5, 5.41) is 8.34. The summed E-state index contributed by atoms with van der Waals surface area (Å²) in [4.78, 5) is 16.9. The molecule has 1 unspecified atom stereocenters. The summed E-state index contributed by atoms with van der Waals surface area (Å²) < 4.78 is 7.35. The van der Waals surface area contributed by atoms with Gasteiger partial charge in [-0.2, -0.15) is 0 Å². The van der Waals surface area contributed by atoms with Crippen LogP contribution < -0.4 is 0 Å². The molecule has 22 heavy (non-hydrogen) atoms. The Morgan fingerprint density at radius 2 is 2.05 bits per heavy atom. The molecule has 0 radical (unpaired) electrons. The van der Waals surface area contributed by atoms with E-state index in [4.69, 9.17) is 4.74 Å². The van der Waals surface area contributed by atoms with Crippen LogP contribution in [0.15, 0.2) is 0 Å². The molecule has 7 heteroatoms. The number of nitrogens with zero attached hydrogens (tertiary/aromatic N) is 5. The van der Waals surface area contributed by atoms with E-state index >= 15 is 0 Å². The lowest BCUT2D eigenvalue weighted by molar-refractivity contribution is -0.141. The first-order chi connectivity index (χ1) is 10.6. The van der Waals surface area contributed by atoms with Gasteiger partial charge in [-0.15, -0.1) is 10.2 Å². The van der Waals surface area contributed by atoms with Crippen molar-refractivity contribution < 1.29 is 9.53 Å². The van der Waals surface area contributed by atoms with Crippen molar-refractivity contribution in [3.8, 4) is 0 Å². The highest BCUT2D eigenvalue weighted by Crippen LogP contribution is 2.21. The number of aryl methyl sites for hydroxylation is 1. The summed E-state index contributed by atoms with van der Waals surface area (Å²) in [7, 11) is 1.99. The number of piperidine rings is 1. The lowest BCUT2D eigenvalue weighted by Gasteiger charge is -2.36. The summed E-state index contributed by atoms with van der Waals surface area (Å²) in [6.07, 6.45) is 2.06. The van der Waals surface area contributed by atoms with E-state index in [0.29, 0.717) is 19.1 Å². The van der Waals surface area contributed by atoms with Crippen molar-refractivity contribution in [1.82, 2.24) is 24.6 Å². The molecule has 0 saturated carbocycles. The Balaban J connectivity index is 1.59. The molecule has 1 aromatic heterocycles. The lowest BCUT2D eigenvalue weighted by Crippen LogP contribution is -2.48. The van der Waals surface area contributed by atoms with Gasteiger partial charge in [0, 0.05) is 26.7 Å². The standard InChI is InChI=1S/C15H25N5O2/c1-12-16-17-14(18(12)2)11-19-5-3-4-13(10-19)15(21)20-6-8-22-9-7-20/h13H,3-11H2,1-2H3. The van der Waals surface area contributed by atoms with Crippen molar-refractivity contribution in [2.24, 2.45) is 13.0 Å². The van der Waals surface area contributed by atoms with Crippen LogP contribution in [-0.2, 0) is 23.1 Å². The molecule has 3 heterocycles. The van der Waals surface area contributed by atoms with Gasteiger partial charge >= 0.3 is 0 Å². The minimum atomic E-state index is 0.112. The molecule has 1 amide bonds. The number of amides is 1. The van der Waals surface area contributed by atoms with Crippen molar-refractivity contribution in [2.75, 3.05) is 39.4 Å². The molecular formula is C15H25N5O2. The number of hydrogen-bond acceptors (Lipinski definition) is 5. The van der Waals surface area contributed by atoms with E-state index in [1.54, 1.807) is 0 Å². The normalized spacial score (nSPS) is 23.7. The second-order valence-corrected chi connectivity index (χ2v) is 6.23. The first kappa shape index (κ1) is 15.4. The van der Waals surface area contributed by atoms with Crippen molar-refractivity contribution in [2.45, 2.75) is 26.3 Å². The van der Waals surface area contributed by atoms with Gasteiger partial charge in [0.15, 0.2) is 0 Å². The van der Waals surface area contributed by atoms with Crippen LogP contribution in [0.4, 0.5) is 0 Å². The van der Waals surface area contributed by atoms with Gasteiger partial charge in [0.25, 0.3) is 0 Å². The zero-order valence-corrected chi connectivity index (χ0v) is 13.5. The number of likely N-dealkylation sites (tertiary alicyclic amines) is 1. The van der Waals surface area contributed by atoms with E-state index in [2.05, 4.69) is 15.1 Å². The van der Waals surface area contributed by atoms with Crippen LogP contribution in [0.1, 0.15) is 24.5 Å². The van der Waals surface area contributed by atoms with Crippen molar-refractivity contribution in [1.29, 1.82) is 0 Å². The van der Waals surface area contributed by atoms with E-state index in [9.17, 15) is 4.79 Å². The average Bonchev–Trinajstić information content (AvgIpc) is 2.87. The third-order valence-electron chi connectivity index (χ3n) is 4.73. The Kier molecular flexibility index (Phi) is 4.73. The zero-order chi connectivity index (χ0) is 15.5. The van der Waals surface area contributed by atoms with E-state index in [-0.39, 0.29) is 5.92 Å². The Morgan fingerprint density at radius 3 is 2.73 bits per heavy atom. The predicted octanol–water partition coefficient (Wildman–Crippen LogP) is 0.194. The molecule has 1 aromatic rings. The van der Waals surface area contributed by atoms with Gasteiger partial charge in [-0.25, -0.2) is 0 Å². The van der Waals surface area contributed by atoms with Gasteiger partial charge < -0.3 is 14.2 Å². The molecule has 2 aliphatic heterocycles. The first-order valence-corrected chi connectivity index (χ1v) is 8.09. The van der Waals surface area contributed by atoms with Crippen LogP contribution in [0, 0.1) is 12.8 Å². The minimum absolute atomic E-state index is 0.112. The van der Waals surface area contributed by atoms with Crippen molar-refractivity contribution >= 4 is 5.91 Å². The van der Waals surface area contributed by atoms with Gasteiger partial charge in [-0.3, -0.25) is 9.69 Å². The third-order valence-corrected chi connectivity index (χ3v) is 4.73. The number of carbonyl (C=O) groups is 1. The highest BCUT2D eigenvalue weighted by atomic mass is 16.5. The Bertz CT molecular complexity index is 524. The molecule has 0 bridgehead atoms. The maximum atomic E-state index is 12.6. The number of aromatic nitrogens is 3. The number of carbonyl (C=O) groups excluding carboxylic acids is 1. The van der Waals surface area contributed by atoms with Gasteiger partial charge in [-0.05, 0) is 26.3 Å². The summed E-state index contributed by atoms with van der Waals surface area (Å²) in [6, 6.07) is 0. The fraction of sp³-hybridized carbons (Fsp3) is 0.800. The Morgan fingerprint density at radius 1 is 1.27 bits per heavy atom. The Hall–Kier alpha value is -1.47. The molecule has 3 rings (SSSR count). The topological polar surface area (TPSA) is 63.5 Å². The van der Waals surface area contributed by atoms with Crippen LogP contribution in [-0.4, -0.2) is 69.9 Å². The van der Waals surface area contributed by atoms with Gasteiger partial charge in [0.1, 0.15) is 11.6 Å². The summed E-state index contributed by atoms with van der Waals surface area (Å²) in [6.45, 7) is 7.37. The SMILES string of the molecule is Cc1nnc(CN2CCCC(C(=O)N3CCOCC3)C2)n1C. The molecule has 2 fully saturated rings. The van der Waals surface area contributed by atoms with Crippen molar-refractivity contribution in [3.63, 3.8) is 0 Å². The number of ether oxygens (including phenoxy) is 1. The van der Waals surface area contributed by atoms with Gasteiger partial charge in [0.05, 0.1) is 25.7 Å². The fourth-order valence-electron chi connectivity index (χ4n) is 3.23. The highest BCUT2D eigenvalue weighted by Gasteiger charge is 2.30. The monoisotopic (exact) mass is 307 g/mol. The fourth-order valence-corrected chi connectivity index (χ4v) is 3.23. The molecule has 2 aliphatic rings. The van der Waals surface area contributed by atoms with Gasteiger partial charge in [0.2, 0.25) is 5.91 Å². The summed E-state index contributed by atoms with van der Waals surface area (Å²) >= 11 is 0. The maximum Gasteiger partial charge on any atom is 0.227 e. The smallest absolute Gasteiger partial charge is 0.227 e. The number of rotatable bonds is 3. The third kappa shape index (κ3) is 3.30. The quantitative estimate of drug-likeness (QED) is 0.798. The molecule has 2 saturated heterocycles. The molecule has 0 N–H and O–H groups in total. The Labute approximate surface area is 131 Å². The minimum Gasteiger partial charge on any atom is -0.378 e. The second kappa shape index (κ2) is 6.75. The summed E-state index contributed by atoms with van der Waals surface area (Å²) in [5.74, 6) is 2.30. The molecule has 122 valence electrons. The zero-order valence-electron chi connectivity index (χ0n) is 13.5. The molecular weight excluding hydrogens is 282 g/mol. The van der Waals surface area contributed by atoms with Crippen LogP contribution in [0.3, 0.4) is 0 Å². The van der Waals surface area contributed by atoms with Crippen LogP contribution in [0.25, 0.3) is 0 Å². The van der Waals surface area contributed by atoms with Crippen LogP contribution in [0.2, 0.25) is 0 Å². The van der Waals surface area contributed by atoms with E-state index in [1.165, 1.54) is 0 Å². The molecule has 7 nitrogen and oxygen atoms in total. The molecule has 0 aromatic carbocycles. The first-order valence-electron chi connectivity index (χ1n) is 8.09. The predicted molar refractivity (Wildman–Crippen MR) is 81.1 cm³/mol. The van der Waals surface area contributed by atoms with E-state index in [0.717, 1.165) is 57.2 Å². The summed E-state index contributed by atoms with van der Waals surface area (Å²) in [5.41, 5.74) is 0. The van der Waals surface area contributed by atoms with E-state index < -0.39 is 0 Å². The number of hydrogen-bond donors (Lipinski definition) is 0. The largest absolute Gasteiger partial charge is 0.378 e. The lowest BCUT2D eigenvalue weighted by atomic mass is 9.96. The maximum absolute atomic E-state index is 12.6. The van der Waals surface area contributed by atoms with Crippen LogP contribution >= 0.6 is 0 Å². The van der Waals surface area contributed by atoms with Gasteiger partial charge in [-0.1, -0.05) is 0 Å². The second-order valence-electron chi connectivity index (χ2n) is 6.23. The van der Waals surface area contributed by atoms with Crippen LogP contribution in [0.5, 0.6) is 0 Å². The van der Waals surface area contributed by atoms with Crippen molar-refractivity contribution in [3.05, 3.63) is 11.6 Å².